The molecule has 0 bridgehead atoms. The number of anilines is 1. The number of halogens is 3. The number of nitriles is 1. The van der Waals surface area contributed by atoms with Crippen molar-refractivity contribution in [2.75, 3.05) is 18.0 Å². The number of aryl methyl sites for hydroxylation is 1. The van der Waals surface area contributed by atoms with E-state index in [1.807, 2.05) is 17.9 Å². The standard InChI is InChI=1S/C29H23Cl3N4O3/c1-16-9-25(34-12-18(16)11-33)36-14-29(37,15-36)21-8-7-19(10-24(21)32)38-13-20-27(35-39-28(20)17-5-6-17)26-22(30)3-2-4-23(26)31/h2-4,7-10,12,17,37H,5-6,13-15H2,1H3. The fourth-order valence-corrected chi connectivity index (χ4v) is 5.84. The van der Waals surface area contributed by atoms with Crippen molar-refractivity contribution in [3.63, 3.8) is 0 Å². The summed E-state index contributed by atoms with van der Waals surface area (Å²) >= 11 is 19.6. The highest BCUT2D eigenvalue weighted by atomic mass is 35.5. The van der Waals surface area contributed by atoms with Gasteiger partial charge in [0.05, 0.1) is 39.3 Å². The van der Waals surface area contributed by atoms with Crippen LogP contribution in [0.1, 0.15) is 46.8 Å². The molecule has 6 rings (SSSR count). The quantitative estimate of drug-likeness (QED) is 0.250. The Morgan fingerprint density at radius 2 is 1.87 bits per heavy atom. The molecule has 0 amide bonds. The minimum atomic E-state index is -1.12. The highest BCUT2D eigenvalue weighted by Crippen LogP contribution is 2.46. The third kappa shape index (κ3) is 4.83. The van der Waals surface area contributed by atoms with Crippen LogP contribution >= 0.6 is 34.8 Å². The number of ether oxygens (including phenoxy) is 1. The Bertz CT molecular complexity index is 1600. The second kappa shape index (κ2) is 10.0. The van der Waals surface area contributed by atoms with Crippen LogP contribution in [0.2, 0.25) is 15.1 Å². The Balaban J connectivity index is 1.19. The third-order valence-electron chi connectivity index (χ3n) is 7.24. The number of aliphatic hydroxyl groups is 1. The average Bonchev–Trinajstić information content (AvgIpc) is 3.65. The van der Waals surface area contributed by atoms with Gasteiger partial charge in [-0.1, -0.05) is 52.1 Å². The van der Waals surface area contributed by atoms with E-state index in [9.17, 15) is 5.11 Å². The molecule has 2 fully saturated rings. The molecule has 4 aromatic rings. The van der Waals surface area contributed by atoms with Crippen LogP contribution in [0.3, 0.4) is 0 Å². The van der Waals surface area contributed by atoms with Crippen molar-refractivity contribution in [3.8, 4) is 23.1 Å². The van der Waals surface area contributed by atoms with E-state index in [1.165, 1.54) is 0 Å². The lowest BCUT2D eigenvalue weighted by Gasteiger charge is -2.47. The van der Waals surface area contributed by atoms with Gasteiger partial charge in [-0.3, -0.25) is 0 Å². The Labute approximate surface area is 240 Å². The zero-order valence-electron chi connectivity index (χ0n) is 20.9. The first-order valence-electron chi connectivity index (χ1n) is 12.5. The number of nitrogens with zero attached hydrogens (tertiary/aromatic N) is 4. The lowest BCUT2D eigenvalue weighted by Crippen LogP contribution is -2.60. The topological polar surface area (TPSA) is 95.4 Å². The van der Waals surface area contributed by atoms with E-state index in [1.54, 1.807) is 42.6 Å². The molecule has 2 aliphatic rings. The van der Waals surface area contributed by atoms with Gasteiger partial charge in [-0.2, -0.15) is 5.26 Å². The van der Waals surface area contributed by atoms with Gasteiger partial charge in [-0.05, 0) is 55.7 Å². The molecule has 7 nitrogen and oxygen atoms in total. The summed E-state index contributed by atoms with van der Waals surface area (Å²) in [5, 5.41) is 26.1. The third-order valence-corrected chi connectivity index (χ3v) is 8.18. The molecule has 0 unspecified atom stereocenters. The Morgan fingerprint density at radius 1 is 1.13 bits per heavy atom. The molecule has 0 atom stereocenters. The molecule has 1 aliphatic carbocycles. The van der Waals surface area contributed by atoms with Crippen molar-refractivity contribution in [2.45, 2.75) is 37.9 Å². The van der Waals surface area contributed by atoms with E-state index in [0.29, 0.717) is 68.0 Å². The van der Waals surface area contributed by atoms with Crippen LogP contribution in [0.4, 0.5) is 5.82 Å². The van der Waals surface area contributed by atoms with Crippen LogP contribution < -0.4 is 9.64 Å². The molecule has 198 valence electrons. The van der Waals surface area contributed by atoms with Crippen molar-refractivity contribution >= 4 is 40.6 Å². The zero-order chi connectivity index (χ0) is 27.3. The fraction of sp³-hybridized carbons (Fsp3) is 0.276. The molecule has 1 aliphatic heterocycles. The van der Waals surface area contributed by atoms with Gasteiger partial charge >= 0.3 is 0 Å². The van der Waals surface area contributed by atoms with Gasteiger partial charge in [0, 0.05) is 23.2 Å². The van der Waals surface area contributed by atoms with Gasteiger partial charge in [0.25, 0.3) is 0 Å². The molecule has 2 aromatic carbocycles. The molecule has 39 heavy (non-hydrogen) atoms. The molecule has 1 saturated heterocycles. The summed E-state index contributed by atoms with van der Waals surface area (Å²) in [6.45, 7) is 2.73. The monoisotopic (exact) mass is 580 g/mol. The maximum absolute atomic E-state index is 11.3. The molecule has 10 heteroatoms. The van der Waals surface area contributed by atoms with Gasteiger partial charge in [0.2, 0.25) is 0 Å². The summed E-state index contributed by atoms with van der Waals surface area (Å²) < 4.78 is 11.9. The number of hydrogen-bond acceptors (Lipinski definition) is 7. The number of β-amino-alcohol motifs (C(OH)–C–C–N with tert-alkyl or cyclic N) is 1. The highest BCUT2D eigenvalue weighted by Gasteiger charge is 2.44. The maximum atomic E-state index is 11.3. The van der Waals surface area contributed by atoms with Crippen molar-refractivity contribution in [1.82, 2.24) is 10.1 Å². The first-order chi connectivity index (χ1) is 18.8. The van der Waals surface area contributed by atoms with E-state index in [2.05, 4.69) is 16.2 Å². The minimum Gasteiger partial charge on any atom is -0.489 e. The lowest BCUT2D eigenvalue weighted by molar-refractivity contribution is 0.00711. The number of aromatic nitrogens is 2. The Hall–Kier alpha value is -3.28. The van der Waals surface area contributed by atoms with Crippen molar-refractivity contribution < 1.29 is 14.4 Å². The normalized spacial score (nSPS) is 16.1. The van der Waals surface area contributed by atoms with Crippen LogP contribution in [-0.2, 0) is 12.2 Å². The van der Waals surface area contributed by atoms with E-state index >= 15 is 0 Å². The lowest BCUT2D eigenvalue weighted by atomic mass is 9.86. The van der Waals surface area contributed by atoms with Crippen LogP contribution in [0.15, 0.2) is 53.2 Å². The van der Waals surface area contributed by atoms with Crippen LogP contribution in [-0.4, -0.2) is 28.3 Å². The van der Waals surface area contributed by atoms with Crippen molar-refractivity contribution in [3.05, 3.63) is 91.7 Å². The summed E-state index contributed by atoms with van der Waals surface area (Å²) in [7, 11) is 0. The summed E-state index contributed by atoms with van der Waals surface area (Å²) in [5.74, 6) is 2.36. The van der Waals surface area contributed by atoms with E-state index in [4.69, 9.17) is 49.3 Å². The summed E-state index contributed by atoms with van der Waals surface area (Å²) in [6.07, 6.45) is 3.62. The van der Waals surface area contributed by atoms with E-state index in [-0.39, 0.29) is 6.61 Å². The molecule has 1 saturated carbocycles. The average molecular weight is 582 g/mol. The smallest absolute Gasteiger partial charge is 0.147 e. The predicted octanol–water partition coefficient (Wildman–Crippen LogP) is 7.04. The number of benzene rings is 2. The van der Waals surface area contributed by atoms with Crippen molar-refractivity contribution in [1.29, 1.82) is 5.26 Å². The highest BCUT2D eigenvalue weighted by molar-refractivity contribution is 6.39. The number of rotatable bonds is 7. The van der Waals surface area contributed by atoms with Crippen LogP contribution in [0.5, 0.6) is 5.75 Å². The maximum Gasteiger partial charge on any atom is 0.147 e. The number of hydrogen-bond donors (Lipinski definition) is 1. The molecule has 2 aromatic heterocycles. The van der Waals surface area contributed by atoms with E-state index < -0.39 is 5.60 Å². The molecular weight excluding hydrogens is 559 g/mol. The molecule has 3 heterocycles. The summed E-state index contributed by atoms with van der Waals surface area (Å²) in [5.41, 5.74) is 2.87. The second-order valence-electron chi connectivity index (χ2n) is 10.0. The second-order valence-corrected chi connectivity index (χ2v) is 11.3. The summed E-state index contributed by atoms with van der Waals surface area (Å²) in [6, 6.07) is 14.6. The first kappa shape index (κ1) is 26.0. The fourth-order valence-electron chi connectivity index (χ4n) is 4.92. The van der Waals surface area contributed by atoms with Crippen LogP contribution in [0, 0.1) is 18.3 Å². The van der Waals surface area contributed by atoms with Gasteiger partial charge in [0.15, 0.2) is 0 Å². The van der Waals surface area contributed by atoms with Gasteiger partial charge in [-0.15, -0.1) is 0 Å². The zero-order valence-corrected chi connectivity index (χ0v) is 23.2. The molecular formula is C29H23Cl3N4O3. The van der Waals surface area contributed by atoms with Gasteiger partial charge in [-0.25, -0.2) is 4.98 Å². The molecule has 1 N–H and O–H groups in total. The summed E-state index contributed by atoms with van der Waals surface area (Å²) in [4.78, 5) is 6.30. The first-order valence-corrected chi connectivity index (χ1v) is 13.6. The van der Waals surface area contributed by atoms with Crippen molar-refractivity contribution in [2.24, 2.45) is 0 Å². The number of pyridine rings is 1. The Kier molecular flexibility index (Phi) is 6.68. The van der Waals surface area contributed by atoms with Gasteiger partial charge in [0.1, 0.15) is 41.3 Å². The predicted molar refractivity (Wildman–Crippen MR) is 150 cm³/mol. The molecule has 0 radical (unpaired) electrons. The van der Waals surface area contributed by atoms with Gasteiger partial charge < -0.3 is 19.3 Å². The van der Waals surface area contributed by atoms with E-state index in [0.717, 1.165) is 29.7 Å². The largest absolute Gasteiger partial charge is 0.489 e. The SMILES string of the molecule is Cc1cc(N2CC(O)(c3ccc(OCc4c(-c5c(Cl)cccc5Cl)noc4C4CC4)cc3Cl)C2)ncc1C#N. The molecule has 0 spiro atoms. The van der Waals surface area contributed by atoms with Crippen LogP contribution in [0.25, 0.3) is 11.3 Å². The minimum absolute atomic E-state index is 0.198. The Morgan fingerprint density at radius 3 is 2.51 bits per heavy atom.